The van der Waals surface area contributed by atoms with Gasteiger partial charge in [0.05, 0.1) is 12.6 Å². The van der Waals surface area contributed by atoms with Crippen molar-refractivity contribution in [1.29, 1.82) is 0 Å². The number of ether oxygens (including phenoxy) is 1. The van der Waals surface area contributed by atoms with Crippen molar-refractivity contribution in [3.8, 4) is 0 Å². The zero-order valence-electron chi connectivity index (χ0n) is 8.54. The topological polar surface area (TPSA) is 55.4 Å². The number of carbonyl (C=O) groups excluding carboxylic acids is 2. The van der Waals surface area contributed by atoms with Crippen molar-refractivity contribution < 1.29 is 14.3 Å². The Kier molecular flexibility index (Phi) is 4.59. The molecule has 1 heterocycles. The van der Waals surface area contributed by atoms with Gasteiger partial charge in [0.25, 0.3) is 0 Å². The normalized spacial score (nSPS) is 22.1. The molecule has 0 aliphatic carbocycles. The fraction of sp³-hybridized carbons (Fsp3) is 0.800. The van der Waals surface area contributed by atoms with Gasteiger partial charge in [0.15, 0.2) is 0 Å². The van der Waals surface area contributed by atoms with E-state index < -0.39 is 0 Å². The standard InChI is InChI=1S/C10H17NO3/c1-2-14-10(13)6-5-8-9(12)4-3-7-11-8/h8,11H,2-7H2,1H3. The predicted octanol–water partition coefficient (Wildman–Crippen LogP) is 0.651. The Bertz CT molecular complexity index is 215. The molecule has 0 aromatic carbocycles. The number of Topliss-reactive ketones (excluding diaryl/α,β-unsaturated/α-hetero) is 1. The highest BCUT2D eigenvalue weighted by Crippen LogP contribution is 2.08. The summed E-state index contributed by atoms with van der Waals surface area (Å²) in [7, 11) is 0. The molecule has 4 nitrogen and oxygen atoms in total. The number of hydrogen-bond acceptors (Lipinski definition) is 4. The maximum atomic E-state index is 11.4. The van der Waals surface area contributed by atoms with Gasteiger partial charge in [-0.25, -0.2) is 0 Å². The summed E-state index contributed by atoms with van der Waals surface area (Å²) >= 11 is 0. The molecule has 1 atom stereocenters. The lowest BCUT2D eigenvalue weighted by molar-refractivity contribution is -0.143. The van der Waals surface area contributed by atoms with Gasteiger partial charge >= 0.3 is 5.97 Å². The highest BCUT2D eigenvalue weighted by atomic mass is 16.5. The first kappa shape index (κ1) is 11.2. The highest BCUT2D eigenvalue weighted by molar-refractivity contribution is 5.85. The van der Waals surface area contributed by atoms with Crippen LogP contribution in [0.2, 0.25) is 0 Å². The lowest BCUT2D eigenvalue weighted by atomic mass is 9.99. The van der Waals surface area contributed by atoms with E-state index in [4.69, 9.17) is 4.74 Å². The molecule has 0 radical (unpaired) electrons. The molecular formula is C10H17NO3. The maximum absolute atomic E-state index is 11.4. The molecular weight excluding hydrogens is 182 g/mol. The first-order chi connectivity index (χ1) is 6.74. The van der Waals surface area contributed by atoms with E-state index in [1.165, 1.54) is 0 Å². The maximum Gasteiger partial charge on any atom is 0.305 e. The summed E-state index contributed by atoms with van der Waals surface area (Å²) in [6, 6.07) is -0.131. The Hall–Kier alpha value is -0.900. The fourth-order valence-corrected chi connectivity index (χ4v) is 1.59. The van der Waals surface area contributed by atoms with Gasteiger partial charge in [-0.15, -0.1) is 0 Å². The van der Waals surface area contributed by atoms with E-state index in [1.807, 2.05) is 0 Å². The SMILES string of the molecule is CCOC(=O)CCC1NCCCC1=O. The Morgan fingerprint density at radius 2 is 2.43 bits per heavy atom. The molecule has 80 valence electrons. The van der Waals surface area contributed by atoms with Gasteiger partial charge in [0.1, 0.15) is 5.78 Å². The van der Waals surface area contributed by atoms with Crippen LogP contribution in [0.4, 0.5) is 0 Å². The summed E-state index contributed by atoms with van der Waals surface area (Å²) in [5.74, 6) is 0.00761. The fourth-order valence-electron chi connectivity index (χ4n) is 1.59. The average molecular weight is 199 g/mol. The number of hydrogen-bond donors (Lipinski definition) is 1. The van der Waals surface area contributed by atoms with Crippen LogP contribution in [0.25, 0.3) is 0 Å². The van der Waals surface area contributed by atoms with Crippen LogP contribution >= 0.6 is 0 Å². The van der Waals surface area contributed by atoms with Crippen molar-refractivity contribution in [2.45, 2.75) is 38.6 Å². The number of piperidine rings is 1. The van der Waals surface area contributed by atoms with Gasteiger partial charge in [0.2, 0.25) is 0 Å². The number of nitrogens with one attached hydrogen (secondary N) is 1. The molecule has 4 heteroatoms. The summed E-state index contributed by atoms with van der Waals surface area (Å²) in [4.78, 5) is 22.4. The van der Waals surface area contributed by atoms with Gasteiger partial charge in [-0.05, 0) is 26.3 Å². The quantitative estimate of drug-likeness (QED) is 0.675. The Morgan fingerprint density at radius 3 is 3.07 bits per heavy atom. The van der Waals surface area contributed by atoms with Crippen molar-refractivity contribution >= 4 is 11.8 Å². The molecule has 1 aliphatic heterocycles. The molecule has 1 saturated heterocycles. The molecule has 0 saturated carbocycles. The summed E-state index contributed by atoms with van der Waals surface area (Å²) in [6.45, 7) is 3.06. The van der Waals surface area contributed by atoms with E-state index in [2.05, 4.69) is 5.32 Å². The average Bonchev–Trinajstić information content (AvgIpc) is 2.17. The molecule has 1 unspecified atom stereocenters. The van der Waals surface area contributed by atoms with Crippen LogP contribution in [0.5, 0.6) is 0 Å². The van der Waals surface area contributed by atoms with E-state index in [1.54, 1.807) is 6.92 Å². The minimum absolute atomic E-state index is 0.131. The molecule has 0 amide bonds. The van der Waals surface area contributed by atoms with Crippen LogP contribution in [-0.2, 0) is 14.3 Å². The van der Waals surface area contributed by atoms with Crippen LogP contribution < -0.4 is 5.32 Å². The molecule has 14 heavy (non-hydrogen) atoms. The number of ketones is 1. The van der Waals surface area contributed by atoms with E-state index in [0.717, 1.165) is 13.0 Å². The van der Waals surface area contributed by atoms with Crippen LogP contribution in [0, 0.1) is 0 Å². The lowest BCUT2D eigenvalue weighted by Crippen LogP contribution is -2.41. The molecule has 1 N–H and O–H groups in total. The van der Waals surface area contributed by atoms with Gasteiger partial charge in [-0.3, -0.25) is 9.59 Å². The van der Waals surface area contributed by atoms with E-state index in [-0.39, 0.29) is 17.8 Å². The van der Waals surface area contributed by atoms with Crippen LogP contribution in [-0.4, -0.2) is 30.9 Å². The third kappa shape index (κ3) is 3.46. The van der Waals surface area contributed by atoms with E-state index >= 15 is 0 Å². The van der Waals surface area contributed by atoms with Crippen molar-refractivity contribution in [1.82, 2.24) is 5.32 Å². The Balaban J connectivity index is 2.22. The van der Waals surface area contributed by atoms with Gasteiger partial charge in [0, 0.05) is 12.8 Å². The second-order valence-electron chi connectivity index (χ2n) is 3.42. The monoisotopic (exact) mass is 199 g/mol. The smallest absolute Gasteiger partial charge is 0.305 e. The predicted molar refractivity (Wildman–Crippen MR) is 51.9 cm³/mol. The van der Waals surface area contributed by atoms with Crippen LogP contribution in [0.3, 0.4) is 0 Å². The lowest BCUT2D eigenvalue weighted by Gasteiger charge is -2.21. The highest BCUT2D eigenvalue weighted by Gasteiger charge is 2.22. The number of carbonyl (C=O) groups is 2. The first-order valence-corrected chi connectivity index (χ1v) is 5.15. The third-order valence-corrected chi connectivity index (χ3v) is 2.32. The van der Waals surface area contributed by atoms with Crippen LogP contribution in [0.1, 0.15) is 32.6 Å². The number of esters is 1. The van der Waals surface area contributed by atoms with Gasteiger partial charge in [-0.2, -0.15) is 0 Å². The molecule has 1 aliphatic rings. The molecule has 0 spiro atoms. The summed E-state index contributed by atoms with van der Waals surface area (Å²) in [5, 5.41) is 3.11. The Labute approximate surface area is 84.0 Å². The zero-order valence-corrected chi connectivity index (χ0v) is 8.54. The van der Waals surface area contributed by atoms with Crippen molar-refractivity contribution in [3.05, 3.63) is 0 Å². The second kappa shape index (κ2) is 5.75. The summed E-state index contributed by atoms with van der Waals surface area (Å²) in [6.07, 6.45) is 2.45. The largest absolute Gasteiger partial charge is 0.466 e. The molecule has 1 fully saturated rings. The van der Waals surface area contributed by atoms with Crippen molar-refractivity contribution in [2.75, 3.05) is 13.2 Å². The second-order valence-corrected chi connectivity index (χ2v) is 3.42. The minimum Gasteiger partial charge on any atom is -0.466 e. The first-order valence-electron chi connectivity index (χ1n) is 5.15. The molecule has 0 bridgehead atoms. The van der Waals surface area contributed by atoms with Gasteiger partial charge < -0.3 is 10.1 Å². The number of rotatable bonds is 4. The molecule has 0 aromatic heterocycles. The molecule has 1 rings (SSSR count). The summed E-state index contributed by atoms with van der Waals surface area (Å²) < 4.78 is 4.79. The third-order valence-electron chi connectivity index (χ3n) is 2.32. The summed E-state index contributed by atoms with van der Waals surface area (Å²) in [5.41, 5.74) is 0. The van der Waals surface area contributed by atoms with Crippen LogP contribution in [0.15, 0.2) is 0 Å². The van der Waals surface area contributed by atoms with E-state index in [0.29, 0.717) is 25.9 Å². The minimum atomic E-state index is -0.215. The van der Waals surface area contributed by atoms with Crippen molar-refractivity contribution in [3.63, 3.8) is 0 Å². The van der Waals surface area contributed by atoms with E-state index in [9.17, 15) is 9.59 Å². The van der Waals surface area contributed by atoms with Crippen molar-refractivity contribution in [2.24, 2.45) is 0 Å². The zero-order chi connectivity index (χ0) is 10.4. The molecule has 0 aromatic rings. The Morgan fingerprint density at radius 1 is 1.64 bits per heavy atom. The van der Waals surface area contributed by atoms with Gasteiger partial charge in [-0.1, -0.05) is 0 Å².